The van der Waals surface area contributed by atoms with Crippen LogP contribution in [-0.4, -0.2) is 36.5 Å². The molecule has 1 saturated heterocycles. The first kappa shape index (κ1) is 8.97. The largest absolute Gasteiger partial charge is 0.389 e. The van der Waals surface area contributed by atoms with Gasteiger partial charge in [-0.2, -0.15) is 0 Å². The van der Waals surface area contributed by atoms with Crippen molar-refractivity contribution in [3.63, 3.8) is 0 Å². The van der Waals surface area contributed by atoms with Gasteiger partial charge in [0.2, 0.25) is 0 Å². The van der Waals surface area contributed by atoms with Gasteiger partial charge in [-0.25, -0.2) is 0 Å². The molecule has 11 heavy (non-hydrogen) atoms. The molecule has 3 heteroatoms. The van der Waals surface area contributed by atoms with E-state index in [4.69, 9.17) is 4.74 Å². The maximum absolute atomic E-state index is 9.43. The zero-order valence-electron chi connectivity index (χ0n) is 7.21. The van der Waals surface area contributed by atoms with E-state index in [1.165, 1.54) is 0 Å². The standard InChI is InChI=1S/C8H17NO2/c1-6(2)11-8-3-4-9-5-7(8)10/h6-10H,3-5H2,1-2H3. The summed E-state index contributed by atoms with van der Waals surface area (Å²) in [4.78, 5) is 0. The van der Waals surface area contributed by atoms with Crippen molar-refractivity contribution in [2.24, 2.45) is 0 Å². The van der Waals surface area contributed by atoms with Gasteiger partial charge in [-0.05, 0) is 26.8 Å². The number of β-amino-alcohol motifs (C(OH)–C–C–N with tert-alkyl or cyclic N) is 1. The van der Waals surface area contributed by atoms with Crippen molar-refractivity contribution in [3.8, 4) is 0 Å². The van der Waals surface area contributed by atoms with Gasteiger partial charge in [-0.15, -0.1) is 0 Å². The second kappa shape index (κ2) is 4.04. The number of aliphatic hydroxyl groups is 1. The molecule has 0 aromatic rings. The van der Waals surface area contributed by atoms with Crippen LogP contribution in [0.15, 0.2) is 0 Å². The average molecular weight is 159 g/mol. The molecule has 0 saturated carbocycles. The molecule has 1 aliphatic heterocycles. The monoisotopic (exact) mass is 159 g/mol. The predicted molar refractivity (Wildman–Crippen MR) is 43.5 cm³/mol. The lowest BCUT2D eigenvalue weighted by Gasteiger charge is -2.29. The molecule has 2 N–H and O–H groups in total. The van der Waals surface area contributed by atoms with Gasteiger partial charge >= 0.3 is 0 Å². The van der Waals surface area contributed by atoms with Crippen molar-refractivity contribution in [2.75, 3.05) is 13.1 Å². The maximum atomic E-state index is 9.43. The van der Waals surface area contributed by atoms with E-state index >= 15 is 0 Å². The van der Waals surface area contributed by atoms with Gasteiger partial charge in [0, 0.05) is 6.54 Å². The van der Waals surface area contributed by atoms with E-state index in [1.54, 1.807) is 0 Å². The van der Waals surface area contributed by atoms with Gasteiger partial charge in [0.15, 0.2) is 0 Å². The van der Waals surface area contributed by atoms with Crippen LogP contribution >= 0.6 is 0 Å². The van der Waals surface area contributed by atoms with Crippen molar-refractivity contribution in [1.29, 1.82) is 0 Å². The number of piperidine rings is 1. The maximum Gasteiger partial charge on any atom is 0.0926 e. The quantitative estimate of drug-likeness (QED) is 0.602. The molecule has 1 rings (SSSR count). The first-order chi connectivity index (χ1) is 5.20. The van der Waals surface area contributed by atoms with Crippen LogP contribution in [0.1, 0.15) is 20.3 Å². The molecular formula is C8H17NO2. The molecule has 0 aliphatic carbocycles. The highest BCUT2D eigenvalue weighted by molar-refractivity contribution is 4.78. The summed E-state index contributed by atoms with van der Waals surface area (Å²) >= 11 is 0. The zero-order valence-corrected chi connectivity index (χ0v) is 7.21. The van der Waals surface area contributed by atoms with Gasteiger partial charge in [0.1, 0.15) is 0 Å². The summed E-state index contributed by atoms with van der Waals surface area (Å²) in [6, 6.07) is 0. The molecule has 1 fully saturated rings. The third kappa shape index (κ3) is 2.77. The Hall–Kier alpha value is -0.120. The molecule has 3 nitrogen and oxygen atoms in total. The normalized spacial score (nSPS) is 32.7. The molecule has 2 atom stereocenters. The second-order valence-corrected chi connectivity index (χ2v) is 3.28. The number of aliphatic hydroxyl groups excluding tert-OH is 1. The van der Waals surface area contributed by atoms with Gasteiger partial charge in [0.25, 0.3) is 0 Å². The zero-order chi connectivity index (χ0) is 8.27. The lowest BCUT2D eigenvalue weighted by molar-refractivity contribution is -0.0768. The van der Waals surface area contributed by atoms with E-state index < -0.39 is 0 Å². The smallest absolute Gasteiger partial charge is 0.0926 e. The third-order valence-electron chi connectivity index (χ3n) is 1.84. The van der Waals surface area contributed by atoms with E-state index in [0.29, 0.717) is 6.54 Å². The Kier molecular flexibility index (Phi) is 3.30. The summed E-state index contributed by atoms with van der Waals surface area (Å²) in [6.45, 7) is 5.61. The molecule has 1 aliphatic rings. The Labute approximate surface area is 67.7 Å². The van der Waals surface area contributed by atoms with Crippen LogP contribution in [0.2, 0.25) is 0 Å². The summed E-state index contributed by atoms with van der Waals surface area (Å²) in [7, 11) is 0. The lowest BCUT2D eigenvalue weighted by atomic mass is 10.1. The van der Waals surface area contributed by atoms with E-state index in [0.717, 1.165) is 13.0 Å². The predicted octanol–water partition coefficient (Wildman–Crippen LogP) is 0.134. The number of hydrogen-bond donors (Lipinski definition) is 2. The van der Waals surface area contributed by atoms with Gasteiger partial charge < -0.3 is 15.2 Å². The summed E-state index contributed by atoms with van der Waals surface area (Å²) in [5, 5.41) is 12.5. The summed E-state index contributed by atoms with van der Waals surface area (Å²) in [5.41, 5.74) is 0. The number of hydrogen-bond acceptors (Lipinski definition) is 3. The molecule has 0 amide bonds. The number of ether oxygens (including phenoxy) is 1. The molecule has 66 valence electrons. The van der Waals surface area contributed by atoms with Crippen LogP contribution in [-0.2, 0) is 4.74 Å². The second-order valence-electron chi connectivity index (χ2n) is 3.28. The molecule has 0 spiro atoms. The first-order valence-electron chi connectivity index (χ1n) is 4.24. The molecule has 0 radical (unpaired) electrons. The fourth-order valence-corrected chi connectivity index (χ4v) is 1.33. The van der Waals surface area contributed by atoms with Crippen LogP contribution in [0, 0.1) is 0 Å². The molecule has 2 unspecified atom stereocenters. The molecule has 0 bridgehead atoms. The summed E-state index contributed by atoms with van der Waals surface area (Å²) < 4.78 is 5.51. The van der Waals surface area contributed by atoms with Gasteiger partial charge in [-0.3, -0.25) is 0 Å². The molecular weight excluding hydrogens is 142 g/mol. The van der Waals surface area contributed by atoms with Crippen LogP contribution in [0.5, 0.6) is 0 Å². The Bertz CT molecular complexity index is 117. The highest BCUT2D eigenvalue weighted by atomic mass is 16.5. The van der Waals surface area contributed by atoms with Crippen LogP contribution in [0.3, 0.4) is 0 Å². The van der Waals surface area contributed by atoms with Crippen LogP contribution < -0.4 is 5.32 Å². The number of nitrogens with one attached hydrogen (secondary N) is 1. The van der Waals surface area contributed by atoms with E-state index in [9.17, 15) is 5.11 Å². The van der Waals surface area contributed by atoms with Crippen LogP contribution in [0.4, 0.5) is 0 Å². The fourth-order valence-electron chi connectivity index (χ4n) is 1.33. The van der Waals surface area contributed by atoms with E-state index in [1.807, 2.05) is 13.8 Å². The van der Waals surface area contributed by atoms with E-state index in [2.05, 4.69) is 5.32 Å². The SMILES string of the molecule is CC(C)OC1CCNCC1O. The number of rotatable bonds is 2. The highest BCUT2D eigenvalue weighted by Gasteiger charge is 2.23. The Morgan fingerprint density at radius 2 is 2.27 bits per heavy atom. The van der Waals surface area contributed by atoms with E-state index in [-0.39, 0.29) is 18.3 Å². The Morgan fingerprint density at radius 1 is 1.55 bits per heavy atom. The topological polar surface area (TPSA) is 41.5 Å². The molecule has 1 heterocycles. The van der Waals surface area contributed by atoms with Crippen molar-refractivity contribution in [3.05, 3.63) is 0 Å². The molecule has 0 aromatic heterocycles. The summed E-state index contributed by atoms with van der Waals surface area (Å²) in [5.74, 6) is 0. The van der Waals surface area contributed by atoms with Crippen molar-refractivity contribution in [1.82, 2.24) is 5.32 Å². The van der Waals surface area contributed by atoms with Gasteiger partial charge in [0.05, 0.1) is 18.3 Å². The third-order valence-corrected chi connectivity index (χ3v) is 1.84. The minimum atomic E-state index is -0.328. The minimum Gasteiger partial charge on any atom is -0.389 e. The first-order valence-corrected chi connectivity index (χ1v) is 4.24. The Morgan fingerprint density at radius 3 is 2.82 bits per heavy atom. The average Bonchev–Trinajstić information content (AvgIpc) is 1.93. The van der Waals surface area contributed by atoms with Gasteiger partial charge in [-0.1, -0.05) is 0 Å². The highest BCUT2D eigenvalue weighted by Crippen LogP contribution is 2.10. The van der Waals surface area contributed by atoms with Crippen molar-refractivity contribution in [2.45, 2.75) is 38.6 Å². The minimum absolute atomic E-state index is 0.0382. The van der Waals surface area contributed by atoms with Crippen LogP contribution in [0.25, 0.3) is 0 Å². The molecule has 0 aromatic carbocycles. The van der Waals surface area contributed by atoms with Crippen molar-refractivity contribution < 1.29 is 9.84 Å². The summed E-state index contributed by atoms with van der Waals surface area (Å²) in [6.07, 6.45) is 0.842. The fraction of sp³-hybridized carbons (Fsp3) is 1.00. The Balaban J connectivity index is 2.29. The van der Waals surface area contributed by atoms with Crippen molar-refractivity contribution >= 4 is 0 Å². The lowest BCUT2D eigenvalue weighted by Crippen LogP contribution is -2.46.